The summed E-state index contributed by atoms with van der Waals surface area (Å²) in [5.41, 5.74) is 2.68. The first-order valence-electron chi connectivity index (χ1n) is 11.8. The highest BCUT2D eigenvalue weighted by Gasteiger charge is 2.42. The van der Waals surface area contributed by atoms with Gasteiger partial charge in [-0.2, -0.15) is 0 Å². The SMILES string of the molecule is O=C(O)C1CC2CCCCC2N(C(=O)CC(c2ccccc2)c2c[nH]c3cc(F)ccc23)C1. The smallest absolute Gasteiger partial charge is 0.308 e. The summed E-state index contributed by atoms with van der Waals surface area (Å²) < 4.78 is 13.8. The molecule has 2 fully saturated rings. The number of aliphatic carboxylic acids is 1. The van der Waals surface area contributed by atoms with E-state index in [2.05, 4.69) is 4.98 Å². The van der Waals surface area contributed by atoms with E-state index < -0.39 is 11.9 Å². The number of hydrogen-bond donors (Lipinski definition) is 2. The van der Waals surface area contributed by atoms with E-state index in [9.17, 15) is 19.1 Å². The lowest BCUT2D eigenvalue weighted by molar-refractivity contribution is -0.150. The third kappa shape index (κ3) is 4.26. The van der Waals surface area contributed by atoms with Crippen molar-refractivity contribution in [1.29, 1.82) is 0 Å². The maximum atomic E-state index is 13.8. The predicted octanol–water partition coefficient (Wildman–Crippen LogP) is 5.32. The van der Waals surface area contributed by atoms with E-state index >= 15 is 0 Å². The van der Waals surface area contributed by atoms with Crippen LogP contribution in [0.4, 0.5) is 4.39 Å². The second-order valence-corrected chi connectivity index (χ2v) is 9.53. The van der Waals surface area contributed by atoms with E-state index in [1.165, 1.54) is 12.1 Å². The first kappa shape index (κ1) is 21.7. The molecule has 5 nitrogen and oxygen atoms in total. The molecule has 3 aromatic rings. The second kappa shape index (κ2) is 9.00. The number of nitrogens with one attached hydrogen (secondary N) is 1. The Bertz CT molecular complexity index is 1160. The number of hydrogen-bond acceptors (Lipinski definition) is 2. The molecule has 1 amide bonds. The molecule has 0 bridgehead atoms. The second-order valence-electron chi connectivity index (χ2n) is 9.53. The van der Waals surface area contributed by atoms with Crippen molar-refractivity contribution in [3.63, 3.8) is 0 Å². The molecule has 1 aromatic heterocycles. The highest BCUT2D eigenvalue weighted by atomic mass is 19.1. The summed E-state index contributed by atoms with van der Waals surface area (Å²) in [6, 6.07) is 14.7. The molecule has 2 aliphatic rings. The minimum absolute atomic E-state index is 0.00293. The predicted molar refractivity (Wildman–Crippen MR) is 124 cm³/mol. The average Bonchev–Trinajstić information content (AvgIpc) is 3.24. The molecule has 5 rings (SSSR count). The van der Waals surface area contributed by atoms with Crippen LogP contribution in [-0.4, -0.2) is 39.5 Å². The number of carbonyl (C=O) groups is 2. The van der Waals surface area contributed by atoms with Crippen LogP contribution < -0.4 is 0 Å². The molecule has 0 spiro atoms. The lowest BCUT2D eigenvalue weighted by Crippen LogP contribution is -2.54. The van der Waals surface area contributed by atoms with Crippen molar-refractivity contribution in [1.82, 2.24) is 9.88 Å². The molecule has 4 atom stereocenters. The number of fused-ring (bicyclic) bond motifs is 2. The Balaban J connectivity index is 1.48. The summed E-state index contributed by atoms with van der Waals surface area (Å²) in [5.74, 6) is -1.55. The number of likely N-dealkylation sites (tertiary alicyclic amines) is 1. The van der Waals surface area contributed by atoms with Gasteiger partial charge in [0.2, 0.25) is 5.91 Å². The number of benzene rings is 2. The zero-order valence-electron chi connectivity index (χ0n) is 18.5. The van der Waals surface area contributed by atoms with Crippen LogP contribution in [0.25, 0.3) is 10.9 Å². The number of amides is 1. The molecule has 0 radical (unpaired) electrons. The van der Waals surface area contributed by atoms with E-state index in [1.54, 1.807) is 6.07 Å². The summed E-state index contributed by atoms with van der Waals surface area (Å²) in [7, 11) is 0. The number of rotatable bonds is 5. The molecule has 2 aromatic carbocycles. The Kier molecular flexibility index (Phi) is 5.92. The zero-order chi connectivity index (χ0) is 22.9. The number of carboxylic acid groups (broad SMARTS) is 1. The summed E-state index contributed by atoms with van der Waals surface area (Å²) >= 11 is 0. The normalized spacial score (nSPS) is 23.8. The van der Waals surface area contributed by atoms with Crippen molar-refractivity contribution in [3.8, 4) is 0 Å². The van der Waals surface area contributed by atoms with Gasteiger partial charge < -0.3 is 15.0 Å². The topological polar surface area (TPSA) is 73.4 Å². The standard InChI is InChI=1S/C27H29FN2O3/c28-20-10-11-21-23(15-29-24(21)13-20)22(17-6-2-1-3-7-17)14-26(31)30-16-19(27(32)33)12-18-8-4-5-9-25(18)30/h1-3,6-7,10-11,13,15,18-19,22,25,29H,4-5,8-9,12,14,16H2,(H,32,33). The number of aromatic nitrogens is 1. The highest BCUT2D eigenvalue weighted by Crippen LogP contribution is 2.40. The summed E-state index contributed by atoms with van der Waals surface area (Å²) in [4.78, 5) is 30.6. The number of carboxylic acids is 1. The molecule has 4 unspecified atom stereocenters. The molecule has 33 heavy (non-hydrogen) atoms. The molecule has 6 heteroatoms. The lowest BCUT2D eigenvalue weighted by Gasteiger charge is -2.46. The van der Waals surface area contributed by atoms with Crippen LogP contribution >= 0.6 is 0 Å². The summed E-state index contributed by atoms with van der Waals surface area (Å²) in [5, 5.41) is 10.6. The Morgan fingerprint density at radius 1 is 1.12 bits per heavy atom. The van der Waals surface area contributed by atoms with Gasteiger partial charge in [0, 0.05) is 42.0 Å². The molecule has 172 valence electrons. The minimum atomic E-state index is -0.810. The number of aromatic amines is 1. The lowest BCUT2D eigenvalue weighted by atomic mass is 9.74. The van der Waals surface area contributed by atoms with Gasteiger partial charge in [0.05, 0.1) is 5.92 Å². The fourth-order valence-electron chi connectivity index (χ4n) is 5.95. The van der Waals surface area contributed by atoms with Crippen molar-refractivity contribution in [2.45, 2.75) is 50.5 Å². The maximum Gasteiger partial charge on any atom is 0.308 e. The molecular formula is C27H29FN2O3. The van der Waals surface area contributed by atoms with Crippen LogP contribution in [0.2, 0.25) is 0 Å². The van der Waals surface area contributed by atoms with Gasteiger partial charge in [-0.25, -0.2) is 4.39 Å². The molecule has 1 aliphatic heterocycles. The summed E-state index contributed by atoms with van der Waals surface area (Å²) in [6.45, 7) is 0.288. The Labute approximate surface area is 192 Å². The first-order valence-corrected chi connectivity index (χ1v) is 11.8. The quantitative estimate of drug-likeness (QED) is 0.555. The van der Waals surface area contributed by atoms with Crippen LogP contribution in [0.1, 0.15) is 55.6 Å². The van der Waals surface area contributed by atoms with Crippen molar-refractivity contribution >= 4 is 22.8 Å². The van der Waals surface area contributed by atoms with Gasteiger partial charge in [0.15, 0.2) is 0 Å². The Morgan fingerprint density at radius 2 is 1.91 bits per heavy atom. The monoisotopic (exact) mass is 448 g/mol. The van der Waals surface area contributed by atoms with Crippen LogP contribution in [0, 0.1) is 17.7 Å². The van der Waals surface area contributed by atoms with Crippen molar-refractivity contribution in [3.05, 3.63) is 71.7 Å². The number of piperidine rings is 1. The largest absolute Gasteiger partial charge is 0.481 e. The van der Waals surface area contributed by atoms with Gasteiger partial charge in [0.1, 0.15) is 5.82 Å². The molecule has 2 heterocycles. The minimum Gasteiger partial charge on any atom is -0.481 e. The van der Waals surface area contributed by atoms with E-state index in [-0.39, 0.29) is 42.6 Å². The molecule has 2 N–H and O–H groups in total. The van der Waals surface area contributed by atoms with Crippen LogP contribution in [0.5, 0.6) is 0 Å². The van der Waals surface area contributed by atoms with Gasteiger partial charge in [-0.15, -0.1) is 0 Å². The molecule has 1 saturated carbocycles. The van der Waals surface area contributed by atoms with Gasteiger partial charge in [-0.3, -0.25) is 9.59 Å². The number of carbonyl (C=O) groups excluding carboxylic acids is 1. The Hall–Kier alpha value is -3.15. The average molecular weight is 449 g/mol. The fraction of sp³-hybridized carbons (Fsp3) is 0.407. The van der Waals surface area contributed by atoms with E-state index in [0.29, 0.717) is 11.9 Å². The zero-order valence-corrected chi connectivity index (χ0v) is 18.5. The number of nitrogens with zero attached hydrogens (tertiary/aromatic N) is 1. The van der Waals surface area contributed by atoms with Gasteiger partial charge in [-0.05, 0) is 54.5 Å². The van der Waals surface area contributed by atoms with Gasteiger partial charge >= 0.3 is 5.97 Å². The fourth-order valence-corrected chi connectivity index (χ4v) is 5.95. The number of H-pyrrole nitrogens is 1. The Morgan fingerprint density at radius 3 is 2.70 bits per heavy atom. The van der Waals surface area contributed by atoms with Crippen molar-refractivity contribution < 1.29 is 19.1 Å². The van der Waals surface area contributed by atoms with Gasteiger partial charge in [-0.1, -0.05) is 43.2 Å². The van der Waals surface area contributed by atoms with Gasteiger partial charge in [0.25, 0.3) is 0 Å². The third-order valence-corrected chi connectivity index (χ3v) is 7.58. The molecule has 1 aliphatic carbocycles. The highest BCUT2D eigenvalue weighted by molar-refractivity contribution is 5.86. The summed E-state index contributed by atoms with van der Waals surface area (Å²) in [6.07, 6.45) is 6.92. The van der Waals surface area contributed by atoms with Crippen molar-refractivity contribution in [2.75, 3.05) is 6.54 Å². The van der Waals surface area contributed by atoms with Crippen LogP contribution in [0.3, 0.4) is 0 Å². The molecular weight excluding hydrogens is 419 g/mol. The van der Waals surface area contributed by atoms with Crippen LogP contribution in [0.15, 0.2) is 54.7 Å². The third-order valence-electron chi connectivity index (χ3n) is 7.58. The van der Waals surface area contributed by atoms with E-state index in [0.717, 1.165) is 42.2 Å². The van der Waals surface area contributed by atoms with E-state index in [4.69, 9.17) is 0 Å². The van der Waals surface area contributed by atoms with Crippen molar-refractivity contribution in [2.24, 2.45) is 11.8 Å². The number of halogens is 1. The molecule has 1 saturated heterocycles. The first-order chi connectivity index (χ1) is 16.0. The van der Waals surface area contributed by atoms with E-state index in [1.807, 2.05) is 41.4 Å². The maximum absolute atomic E-state index is 13.8. The van der Waals surface area contributed by atoms with Crippen LogP contribution in [-0.2, 0) is 9.59 Å².